The van der Waals surface area contributed by atoms with Crippen LogP contribution in [0, 0.1) is 5.92 Å². The van der Waals surface area contributed by atoms with Gasteiger partial charge in [0.15, 0.2) is 11.8 Å². The van der Waals surface area contributed by atoms with Gasteiger partial charge in [0, 0.05) is 26.1 Å². The van der Waals surface area contributed by atoms with Crippen molar-refractivity contribution in [3.63, 3.8) is 0 Å². The highest BCUT2D eigenvalue weighted by Crippen LogP contribution is 2.16. The molecule has 0 bridgehead atoms. The van der Waals surface area contributed by atoms with Crippen LogP contribution in [0.2, 0.25) is 0 Å². The van der Waals surface area contributed by atoms with Gasteiger partial charge in [0.05, 0.1) is 0 Å². The minimum Gasteiger partial charge on any atom is -0.357 e. The fourth-order valence-corrected chi connectivity index (χ4v) is 3.77. The Morgan fingerprint density at radius 3 is 2.74 bits per heavy atom. The zero-order chi connectivity index (χ0) is 18.2. The van der Waals surface area contributed by atoms with Crippen molar-refractivity contribution < 1.29 is 0 Å². The first kappa shape index (κ1) is 22.4. The minimum atomic E-state index is 0. The maximum absolute atomic E-state index is 4.72. The van der Waals surface area contributed by atoms with Gasteiger partial charge in [-0.25, -0.2) is 4.99 Å². The second-order valence-corrected chi connectivity index (χ2v) is 7.64. The quantitative estimate of drug-likeness (QED) is 0.267. The van der Waals surface area contributed by atoms with Crippen molar-refractivity contribution >= 4 is 29.9 Å². The number of nitrogens with one attached hydrogen (secondary N) is 2. The fraction of sp³-hybridized carbons (Fsp3) is 0.842. The maximum atomic E-state index is 4.72. The second-order valence-electron chi connectivity index (χ2n) is 7.64. The van der Waals surface area contributed by atoms with E-state index in [1.54, 1.807) is 0 Å². The number of aliphatic imine (C=N–C) groups is 1. The average molecular weight is 489 g/mol. The standard InChI is InChI=1S/C19H35N7.HI/c1-3-20-19(21-10-6-11-25-13-8-16(2)9-14-25)22-15-18-24-23-17-7-4-5-12-26(17)18;/h16H,3-15H2,1-2H3,(H2,20,21,22);1H. The molecular weight excluding hydrogens is 453 g/mol. The predicted molar refractivity (Wildman–Crippen MR) is 121 cm³/mol. The molecule has 1 fully saturated rings. The van der Waals surface area contributed by atoms with E-state index < -0.39 is 0 Å². The largest absolute Gasteiger partial charge is 0.357 e. The zero-order valence-electron chi connectivity index (χ0n) is 16.9. The number of hydrogen-bond donors (Lipinski definition) is 2. The summed E-state index contributed by atoms with van der Waals surface area (Å²) < 4.78 is 2.24. The molecule has 7 nitrogen and oxygen atoms in total. The van der Waals surface area contributed by atoms with Gasteiger partial charge in [-0.15, -0.1) is 34.2 Å². The van der Waals surface area contributed by atoms with E-state index in [0.717, 1.165) is 56.0 Å². The van der Waals surface area contributed by atoms with Crippen LogP contribution < -0.4 is 10.6 Å². The second kappa shape index (κ2) is 11.8. The molecule has 1 aromatic heterocycles. The lowest BCUT2D eigenvalue weighted by molar-refractivity contribution is 0.191. The van der Waals surface area contributed by atoms with E-state index in [9.17, 15) is 0 Å². The van der Waals surface area contributed by atoms with Gasteiger partial charge in [-0.1, -0.05) is 6.92 Å². The number of nitrogens with zero attached hydrogens (tertiary/aromatic N) is 5. The Labute approximate surface area is 180 Å². The maximum Gasteiger partial charge on any atom is 0.191 e. The molecule has 0 unspecified atom stereocenters. The van der Waals surface area contributed by atoms with E-state index in [1.807, 2.05) is 0 Å². The zero-order valence-corrected chi connectivity index (χ0v) is 19.2. The van der Waals surface area contributed by atoms with E-state index in [1.165, 1.54) is 45.3 Å². The lowest BCUT2D eigenvalue weighted by atomic mass is 9.99. The highest BCUT2D eigenvalue weighted by atomic mass is 127. The van der Waals surface area contributed by atoms with Crippen LogP contribution in [0.1, 0.15) is 57.6 Å². The molecule has 0 aromatic carbocycles. The smallest absolute Gasteiger partial charge is 0.191 e. The molecule has 3 heterocycles. The van der Waals surface area contributed by atoms with Gasteiger partial charge in [-0.3, -0.25) is 0 Å². The first-order chi connectivity index (χ1) is 12.8. The summed E-state index contributed by atoms with van der Waals surface area (Å²) in [5.74, 6) is 3.89. The summed E-state index contributed by atoms with van der Waals surface area (Å²) in [5.41, 5.74) is 0. The van der Waals surface area contributed by atoms with Crippen molar-refractivity contribution in [1.82, 2.24) is 30.3 Å². The van der Waals surface area contributed by atoms with E-state index in [-0.39, 0.29) is 24.0 Å². The Kier molecular flexibility index (Phi) is 9.81. The number of halogens is 1. The summed E-state index contributed by atoms with van der Waals surface area (Å²) in [6, 6.07) is 0. The Morgan fingerprint density at radius 1 is 1.15 bits per heavy atom. The molecule has 3 rings (SSSR count). The highest BCUT2D eigenvalue weighted by molar-refractivity contribution is 14.0. The SMILES string of the molecule is CCNC(=NCc1nnc2n1CCCC2)NCCCN1CCC(C)CC1.I. The highest BCUT2D eigenvalue weighted by Gasteiger charge is 2.16. The van der Waals surface area contributed by atoms with Gasteiger partial charge in [0.25, 0.3) is 0 Å². The molecule has 2 aliphatic heterocycles. The van der Waals surface area contributed by atoms with Crippen LogP contribution in [0.15, 0.2) is 4.99 Å². The van der Waals surface area contributed by atoms with Crippen LogP contribution in [-0.2, 0) is 19.5 Å². The number of aryl methyl sites for hydroxylation is 1. The molecule has 1 aromatic rings. The van der Waals surface area contributed by atoms with Gasteiger partial charge in [-0.2, -0.15) is 0 Å². The monoisotopic (exact) mass is 489 g/mol. The van der Waals surface area contributed by atoms with Crippen molar-refractivity contribution in [1.29, 1.82) is 0 Å². The summed E-state index contributed by atoms with van der Waals surface area (Å²) in [5, 5.41) is 15.5. The van der Waals surface area contributed by atoms with E-state index in [4.69, 9.17) is 4.99 Å². The fourth-order valence-electron chi connectivity index (χ4n) is 3.77. The van der Waals surface area contributed by atoms with E-state index in [2.05, 4.69) is 44.1 Å². The summed E-state index contributed by atoms with van der Waals surface area (Å²) in [4.78, 5) is 7.31. The third-order valence-electron chi connectivity index (χ3n) is 5.48. The summed E-state index contributed by atoms with van der Waals surface area (Å²) in [7, 11) is 0. The molecular formula is C19H36IN7. The van der Waals surface area contributed by atoms with Crippen LogP contribution in [0.25, 0.3) is 0 Å². The molecule has 0 spiro atoms. The van der Waals surface area contributed by atoms with Gasteiger partial charge < -0.3 is 20.1 Å². The lowest BCUT2D eigenvalue weighted by Gasteiger charge is -2.30. The minimum absolute atomic E-state index is 0. The number of hydrogen-bond acceptors (Lipinski definition) is 4. The number of rotatable bonds is 7. The molecule has 154 valence electrons. The molecule has 8 heteroatoms. The molecule has 0 aliphatic carbocycles. The first-order valence-corrected chi connectivity index (χ1v) is 10.4. The van der Waals surface area contributed by atoms with Crippen molar-refractivity contribution in [2.24, 2.45) is 10.9 Å². The van der Waals surface area contributed by atoms with E-state index in [0.29, 0.717) is 6.54 Å². The number of likely N-dealkylation sites (tertiary alicyclic amines) is 1. The van der Waals surface area contributed by atoms with Crippen molar-refractivity contribution in [2.45, 2.75) is 65.5 Å². The van der Waals surface area contributed by atoms with Crippen molar-refractivity contribution in [3.05, 3.63) is 11.6 Å². The third-order valence-corrected chi connectivity index (χ3v) is 5.48. The number of guanidine groups is 1. The molecule has 2 aliphatic rings. The average Bonchev–Trinajstić information content (AvgIpc) is 3.08. The Bertz CT molecular complexity index is 579. The molecule has 0 amide bonds. The van der Waals surface area contributed by atoms with Crippen LogP contribution in [-0.4, -0.2) is 58.3 Å². The Hall–Kier alpha value is -0.900. The Balaban J connectivity index is 0.00000261. The number of piperidine rings is 1. The topological polar surface area (TPSA) is 70.4 Å². The molecule has 1 saturated heterocycles. The molecule has 0 saturated carbocycles. The van der Waals surface area contributed by atoms with Crippen molar-refractivity contribution in [3.8, 4) is 0 Å². The van der Waals surface area contributed by atoms with Crippen LogP contribution in [0.3, 0.4) is 0 Å². The lowest BCUT2D eigenvalue weighted by Crippen LogP contribution is -2.39. The van der Waals surface area contributed by atoms with Crippen LogP contribution in [0.4, 0.5) is 0 Å². The predicted octanol–water partition coefficient (Wildman–Crippen LogP) is 2.41. The molecule has 2 N–H and O–H groups in total. The van der Waals surface area contributed by atoms with Gasteiger partial charge in [-0.05, 0) is 64.6 Å². The first-order valence-electron chi connectivity index (χ1n) is 10.4. The van der Waals surface area contributed by atoms with Gasteiger partial charge in [0.2, 0.25) is 0 Å². The molecule has 0 radical (unpaired) electrons. The van der Waals surface area contributed by atoms with Crippen LogP contribution in [0.5, 0.6) is 0 Å². The van der Waals surface area contributed by atoms with Crippen molar-refractivity contribution in [2.75, 3.05) is 32.7 Å². The third kappa shape index (κ3) is 6.89. The molecule has 0 atom stereocenters. The van der Waals surface area contributed by atoms with Gasteiger partial charge in [0.1, 0.15) is 12.4 Å². The normalized spacial score (nSPS) is 18.7. The summed E-state index contributed by atoms with van der Waals surface area (Å²) in [6.45, 7) is 11.6. The van der Waals surface area contributed by atoms with E-state index >= 15 is 0 Å². The molecule has 27 heavy (non-hydrogen) atoms. The number of aromatic nitrogens is 3. The Morgan fingerprint density at radius 2 is 1.96 bits per heavy atom. The van der Waals surface area contributed by atoms with Crippen LogP contribution >= 0.6 is 24.0 Å². The summed E-state index contributed by atoms with van der Waals surface area (Å²) >= 11 is 0. The number of fused-ring (bicyclic) bond motifs is 1. The summed E-state index contributed by atoms with van der Waals surface area (Å²) in [6.07, 6.45) is 7.33. The van der Waals surface area contributed by atoms with Gasteiger partial charge >= 0.3 is 0 Å².